The van der Waals surface area contributed by atoms with Gasteiger partial charge in [-0.3, -0.25) is 0 Å². The van der Waals surface area contributed by atoms with Gasteiger partial charge in [0.25, 0.3) is 0 Å². The van der Waals surface area contributed by atoms with E-state index < -0.39 is 0 Å². The second-order valence-electron chi connectivity index (χ2n) is 11.1. The van der Waals surface area contributed by atoms with E-state index in [1.54, 1.807) is 0 Å². The molecular formula is C36H36N2. The number of hydrogen-bond acceptors (Lipinski definition) is 2. The van der Waals surface area contributed by atoms with E-state index in [2.05, 4.69) is 143 Å². The van der Waals surface area contributed by atoms with Gasteiger partial charge in [0.15, 0.2) is 0 Å². The fraction of sp³-hybridized carbons (Fsp3) is 0.222. The van der Waals surface area contributed by atoms with Crippen molar-refractivity contribution in [1.82, 2.24) is 0 Å². The molecule has 1 aliphatic heterocycles. The van der Waals surface area contributed by atoms with Crippen LogP contribution in [0.4, 0.5) is 11.4 Å². The summed E-state index contributed by atoms with van der Waals surface area (Å²) in [4.78, 5) is 4.92. The van der Waals surface area contributed by atoms with Crippen molar-refractivity contribution < 1.29 is 0 Å². The topological polar surface area (TPSA) is 6.48 Å². The number of aryl methyl sites for hydroxylation is 6. The average Bonchev–Trinajstić information content (AvgIpc) is 3.45. The Kier molecular flexibility index (Phi) is 5.99. The first-order chi connectivity index (χ1) is 18.3. The molecular weight excluding hydrogens is 460 g/mol. The monoisotopic (exact) mass is 496 g/mol. The minimum Gasteiger partial charge on any atom is -0.301 e. The minimum atomic E-state index is 0.212. The van der Waals surface area contributed by atoms with E-state index in [1.807, 2.05) is 0 Å². The Bertz CT molecular complexity index is 1490. The van der Waals surface area contributed by atoms with Crippen molar-refractivity contribution in [2.24, 2.45) is 0 Å². The molecule has 4 aromatic rings. The quantitative estimate of drug-likeness (QED) is 0.279. The van der Waals surface area contributed by atoms with Gasteiger partial charge in [-0.25, -0.2) is 0 Å². The molecule has 2 heteroatoms. The second kappa shape index (κ2) is 9.36. The summed E-state index contributed by atoms with van der Waals surface area (Å²) in [5, 5.41) is 0. The predicted octanol–water partition coefficient (Wildman–Crippen LogP) is 8.93. The molecule has 1 atom stereocenters. The van der Waals surface area contributed by atoms with Gasteiger partial charge in [0.1, 0.15) is 5.82 Å². The van der Waals surface area contributed by atoms with Crippen LogP contribution in [0.1, 0.15) is 56.0 Å². The summed E-state index contributed by atoms with van der Waals surface area (Å²) in [7, 11) is 0. The molecule has 1 heterocycles. The number of rotatable bonds is 3. The molecule has 190 valence electrons. The van der Waals surface area contributed by atoms with Gasteiger partial charge < -0.3 is 9.80 Å². The highest BCUT2D eigenvalue weighted by Gasteiger charge is 2.37. The van der Waals surface area contributed by atoms with Crippen molar-refractivity contribution in [3.05, 3.63) is 153 Å². The molecule has 4 aromatic carbocycles. The van der Waals surface area contributed by atoms with Crippen molar-refractivity contribution in [3.63, 3.8) is 0 Å². The summed E-state index contributed by atoms with van der Waals surface area (Å²) in [6, 6.07) is 29.3. The molecule has 0 saturated heterocycles. The first kappa shape index (κ1) is 24.3. The van der Waals surface area contributed by atoms with Crippen molar-refractivity contribution >= 4 is 11.4 Å². The smallest absolute Gasteiger partial charge is 0.122 e. The third-order valence-corrected chi connectivity index (χ3v) is 8.09. The van der Waals surface area contributed by atoms with Gasteiger partial charge in [-0.2, -0.15) is 0 Å². The van der Waals surface area contributed by atoms with Crippen molar-refractivity contribution in [1.29, 1.82) is 0 Å². The normalized spacial score (nSPS) is 16.5. The number of anilines is 2. The van der Waals surface area contributed by atoms with E-state index in [4.69, 9.17) is 0 Å². The summed E-state index contributed by atoms with van der Waals surface area (Å²) in [5.41, 5.74) is 16.0. The molecule has 1 aliphatic carbocycles. The Morgan fingerprint density at radius 3 is 1.58 bits per heavy atom. The predicted molar refractivity (Wildman–Crippen MR) is 161 cm³/mol. The lowest BCUT2D eigenvalue weighted by atomic mass is 9.89. The third kappa shape index (κ3) is 3.96. The Morgan fingerprint density at radius 1 is 0.579 bits per heavy atom. The molecule has 2 aliphatic rings. The first-order valence-corrected chi connectivity index (χ1v) is 13.6. The van der Waals surface area contributed by atoms with Crippen LogP contribution in [0.15, 0.2) is 103 Å². The Balaban J connectivity index is 1.65. The number of nitrogens with zero attached hydrogens (tertiary/aromatic N) is 2. The lowest BCUT2D eigenvalue weighted by Crippen LogP contribution is -2.28. The zero-order chi connectivity index (χ0) is 26.6. The number of fused-ring (bicyclic) bond motifs is 1. The summed E-state index contributed by atoms with van der Waals surface area (Å²) < 4.78 is 0. The maximum atomic E-state index is 2.46. The zero-order valence-corrected chi connectivity index (χ0v) is 23.3. The van der Waals surface area contributed by atoms with Crippen LogP contribution in [0.3, 0.4) is 0 Å². The third-order valence-electron chi connectivity index (χ3n) is 8.09. The van der Waals surface area contributed by atoms with Crippen LogP contribution in [0.2, 0.25) is 0 Å². The molecule has 0 fully saturated rings. The summed E-state index contributed by atoms with van der Waals surface area (Å²) in [5.74, 6) is 1.48. The van der Waals surface area contributed by atoms with Crippen LogP contribution in [0, 0.1) is 41.5 Å². The van der Waals surface area contributed by atoms with Gasteiger partial charge in [0.2, 0.25) is 0 Å². The number of allylic oxidation sites excluding steroid dienone is 1. The van der Waals surface area contributed by atoms with Crippen LogP contribution in [-0.2, 0) is 6.42 Å². The first-order valence-electron chi connectivity index (χ1n) is 13.6. The number of benzene rings is 4. The lowest BCUT2D eigenvalue weighted by molar-refractivity contribution is 0.914. The van der Waals surface area contributed by atoms with E-state index in [-0.39, 0.29) is 5.92 Å². The largest absolute Gasteiger partial charge is 0.301 e. The van der Waals surface area contributed by atoms with Gasteiger partial charge in [-0.05, 0) is 92.5 Å². The van der Waals surface area contributed by atoms with E-state index in [1.165, 1.54) is 72.8 Å². The zero-order valence-electron chi connectivity index (χ0n) is 23.3. The average molecular weight is 497 g/mol. The van der Waals surface area contributed by atoms with Crippen LogP contribution in [0.25, 0.3) is 0 Å². The Morgan fingerprint density at radius 2 is 1.05 bits per heavy atom. The maximum Gasteiger partial charge on any atom is 0.122 e. The highest BCUT2D eigenvalue weighted by molar-refractivity contribution is 5.78. The van der Waals surface area contributed by atoms with Crippen molar-refractivity contribution in [3.8, 4) is 0 Å². The molecule has 0 N–H and O–H groups in total. The molecule has 0 radical (unpaired) electrons. The van der Waals surface area contributed by atoms with Crippen molar-refractivity contribution in [2.75, 3.05) is 9.80 Å². The second-order valence-corrected chi connectivity index (χ2v) is 11.1. The molecule has 0 spiro atoms. The molecule has 0 bridgehead atoms. The highest BCUT2D eigenvalue weighted by atomic mass is 15.4. The van der Waals surface area contributed by atoms with E-state index >= 15 is 0 Å². The minimum absolute atomic E-state index is 0.212. The van der Waals surface area contributed by atoms with Gasteiger partial charge in [-0.15, -0.1) is 0 Å². The van der Waals surface area contributed by atoms with Gasteiger partial charge in [0, 0.05) is 18.3 Å². The molecule has 0 saturated carbocycles. The lowest BCUT2D eigenvalue weighted by Gasteiger charge is -2.33. The maximum absolute atomic E-state index is 2.46. The molecule has 6 rings (SSSR count). The highest BCUT2D eigenvalue weighted by Crippen LogP contribution is 2.48. The molecule has 1 unspecified atom stereocenters. The summed E-state index contributed by atoms with van der Waals surface area (Å²) in [6.45, 7) is 13.4. The van der Waals surface area contributed by atoms with Crippen LogP contribution in [0.5, 0.6) is 0 Å². The SMILES string of the molecule is Cc1cc(C)c(N2C=CN(c3c(C)cc(C)cc3C)C2=C2Cc3ccccc3C2c2ccccc2)c(C)c1. The fourth-order valence-electron chi connectivity index (χ4n) is 6.87. The van der Waals surface area contributed by atoms with Gasteiger partial charge >= 0.3 is 0 Å². The van der Waals surface area contributed by atoms with E-state index in [0.717, 1.165) is 6.42 Å². The molecule has 0 amide bonds. The van der Waals surface area contributed by atoms with Gasteiger partial charge in [0.05, 0.1) is 11.4 Å². The fourth-order valence-corrected chi connectivity index (χ4v) is 6.87. The van der Waals surface area contributed by atoms with Crippen LogP contribution in [-0.4, -0.2) is 0 Å². The molecule has 0 aromatic heterocycles. The molecule has 2 nitrogen and oxygen atoms in total. The molecule has 38 heavy (non-hydrogen) atoms. The van der Waals surface area contributed by atoms with Gasteiger partial charge in [-0.1, -0.05) is 90.0 Å². The summed E-state index contributed by atoms with van der Waals surface area (Å²) >= 11 is 0. The van der Waals surface area contributed by atoms with Crippen molar-refractivity contribution in [2.45, 2.75) is 53.9 Å². The van der Waals surface area contributed by atoms with E-state index in [9.17, 15) is 0 Å². The van der Waals surface area contributed by atoms with E-state index in [0.29, 0.717) is 0 Å². The summed E-state index contributed by atoms with van der Waals surface area (Å²) in [6.07, 6.45) is 5.49. The standard InChI is InChI=1S/C36H36N2/c1-23-18-25(3)34(26(4)19-23)37-16-17-38(35-27(5)20-24(2)21-28(35)6)36(37)32-22-30-14-10-11-15-31(30)33(32)29-12-8-7-9-13-29/h7-21,33H,22H2,1-6H3. The number of hydrogen-bond donors (Lipinski definition) is 0. The van der Waals surface area contributed by atoms with Crippen LogP contribution < -0.4 is 9.80 Å². The van der Waals surface area contributed by atoms with Crippen LogP contribution >= 0.6 is 0 Å². The Labute approximate surface area is 227 Å². The Hall–Kier alpha value is -4.04.